The SMILES string of the molecule is C=C(Cc1ccccc1)C(C(=O)OC)c1ccccc1. The van der Waals surface area contributed by atoms with Gasteiger partial charge < -0.3 is 4.74 Å². The number of carbonyl (C=O) groups excluding carboxylic acids is 1. The Morgan fingerprint density at radius 3 is 2.15 bits per heavy atom. The van der Waals surface area contributed by atoms with Crippen molar-refractivity contribution in [1.82, 2.24) is 0 Å². The number of rotatable bonds is 5. The predicted molar refractivity (Wildman–Crippen MR) is 80.5 cm³/mol. The highest BCUT2D eigenvalue weighted by atomic mass is 16.5. The maximum absolute atomic E-state index is 12.1. The molecule has 0 spiro atoms. The van der Waals surface area contributed by atoms with E-state index in [0.717, 1.165) is 16.7 Å². The molecule has 1 unspecified atom stereocenters. The van der Waals surface area contributed by atoms with Crippen molar-refractivity contribution in [2.24, 2.45) is 0 Å². The minimum absolute atomic E-state index is 0.267. The Kier molecular flexibility index (Phi) is 4.72. The quantitative estimate of drug-likeness (QED) is 0.608. The molecule has 2 aromatic rings. The van der Waals surface area contributed by atoms with E-state index in [-0.39, 0.29) is 5.97 Å². The van der Waals surface area contributed by atoms with Crippen LogP contribution in [-0.4, -0.2) is 13.1 Å². The Labute approximate surface area is 119 Å². The lowest BCUT2D eigenvalue weighted by atomic mass is 9.88. The van der Waals surface area contributed by atoms with Crippen molar-refractivity contribution in [3.63, 3.8) is 0 Å². The van der Waals surface area contributed by atoms with Crippen molar-refractivity contribution in [2.45, 2.75) is 12.3 Å². The van der Waals surface area contributed by atoms with Crippen molar-refractivity contribution in [3.05, 3.63) is 83.9 Å². The van der Waals surface area contributed by atoms with Crippen LogP contribution in [0.2, 0.25) is 0 Å². The summed E-state index contributed by atoms with van der Waals surface area (Å²) >= 11 is 0. The summed E-state index contributed by atoms with van der Waals surface area (Å²) in [4.78, 5) is 12.1. The number of hydrogen-bond acceptors (Lipinski definition) is 2. The van der Waals surface area contributed by atoms with Crippen molar-refractivity contribution in [1.29, 1.82) is 0 Å². The van der Waals surface area contributed by atoms with Crippen LogP contribution in [0.25, 0.3) is 0 Å². The summed E-state index contributed by atoms with van der Waals surface area (Å²) in [5.74, 6) is -0.682. The van der Waals surface area contributed by atoms with Crippen LogP contribution < -0.4 is 0 Å². The van der Waals surface area contributed by atoms with Gasteiger partial charge >= 0.3 is 5.97 Å². The minimum Gasteiger partial charge on any atom is -0.468 e. The van der Waals surface area contributed by atoms with Crippen molar-refractivity contribution in [2.75, 3.05) is 7.11 Å². The molecule has 2 aromatic carbocycles. The second-order valence-electron chi connectivity index (χ2n) is 4.69. The van der Waals surface area contributed by atoms with E-state index in [1.165, 1.54) is 7.11 Å². The number of esters is 1. The van der Waals surface area contributed by atoms with Crippen LogP contribution in [0.15, 0.2) is 72.8 Å². The molecule has 0 radical (unpaired) electrons. The molecule has 0 aliphatic carbocycles. The maximum atomic E-state index is 12.1. The highest BCUT2D eigenvalue weighted by Gasteiger charge is 2.24. The van der Waals surface area contributed by atoms with Crippen LogP contribution in [-0.2, 0) is 16.0 Å². The summed E-state index contributed by atoms with van der Waals surface area (Å²) in [6.45, 7) is 4.09. The third-order valence-electron chi connectivity index (χ3n) is 3.25. The van der Waals surface area contributed by atoms with E-state index >= 15 is 0 Å². The van der Waals surface area contributed by atoms with E-state index in [2.05, 4.69) is 6.58 Å². The predicted octanol–water partition coefficient (Wildman–Crippen LogP) is 3.74. The first-order chi connectivity index (χ1) is 9.72. The third-order valence-corrected chi connectivity index (χ3v) is 3.25. The summed E-state index contributed by atoms with van der Waals surface area (Å²) in [6, 6.07) is 19.6. The van der Waals surface area contributed by atoms with E-state index in [9.17, 15) is 4.79 Å². The van der Waals surface area contributed by atoms with Crippen LogP contribution in [0.4, 0.5) is 0 Å². The Balaban J connectivity index is 2.24. The van der Waals surface area contributed by atoms with Gasteiger partial charge in [-0.25, -0.2) is 0 Å². The molecule has 0 amide bonds. The number of methoxy groups -OCH3 is 1. The van der Waals surface area contributed by atoms with Gasteiger partial charge in [0.05, 0.1) is 7.11 Å². The second kappa shape index (κ2) is 6.71. The average molecular weight is 266 g/mol. The molecule has 2 heteroatoms. The molecule has 0 fully saturated rings. The van der Waals surface area contributed by atoms with Crippen LogP contribution in [0.5, 0.6) is 0 Å². The zero-order chi connectivity index (χ0) is 14.4. The zero-order valence-corrected chi connectivity index (χ0v) is 11.6. The van der Waals surface area contributed by atoms with E-state index < -0.39 is 5.92 Å². The fourth-order valence-electron chi connectivity index (χ4n) is 2.26. The van der Waals surface area contributed by atoms with Gasteiger partial charge in [0.2, 0.25) is 0 Å². The molecule has 0 saturated carbocycles. The summed E-state index contributed by atoms with van der Waals surface area (Å²) in [6.07, 6.45) is 0.662. The molecule has 0 aliphatic heterocycles. The second-order valence-corrected chi connectivity index (χ2v) is 4.69. The molecule has 20 heavy (non-hydrogen) atoms. The van der Waals surface area contributed by atoms with Crippen molar-refractivity contribution >= 4 is 5.97 Å². The zero-order valence-electron chi connectivity index (χ0n) is 11.6. The maximum Gasteiger partial charge on any atom is 0.317 e. The standard InChI is InChI=1S/C18H18O2/c1-14(13-15-9-5-3-6-10-15)17(18(19)20-2)16-11-7-4-8-12-16/h3-12,17H,1,13H2,2H3. The molecule has 0 aliphatic rings. The third kappa shape index (κ3) is 3.35. The molecule has 0 saturated heterocycles. The van der Waals surface area contributed by atoms with Gasteiger partial charge in [0.25, 0.3) is 0 Å². The van der Waals surface area contributed by atoms with Crippen LogP contribution in [0, 0.1) is 0 Å². The van der Waals surface area contributed by atoms with Crippen LogP contribution >= 0.6 is 0 Å². The fourth-order valence-corrected chi connectivity index (χ4v) is 2.26. The van der Waals surface area contributed by atoms with Gasteiger partial charge in [-0.2, -0.15) is 0 Å². The smallest absolute Gasteiger partial charge is 0.317 e. The summed E-state index contributed by atoms with van der Waals surface area (Å²) < 4.78 is 4.93. The Hall–Kier alpha value is -2.35. The average Bonchev–Trinajstić information content (AvgIpc) is 2.49. The van der Waals surface area contributed by atoms with Crippen LogP contribution in [0.3, 0.4) is 0 Å². The van der Waals surface area contributed by atoms with E-state index in [0.29, 0.717) is 6.42 Å². The molecular weight excluding hydrogens is 248 g/mol. The fraction of sp³-hybridized carbons (Fsp3) is 0.167. The van der Waals surface area contributed by atoms with Crippen molar-refractivity contribution in [3.8, 4) is 0 Å². The Morgan fingerprint density at radius 1 is 1.05 bits per heavy atom. The van der Waals surface area contributed by atoms with E-state index in [1.807, 2.05) is 60.7 Å². The van der Waals surface area contributed by atoms with Gasteiger partial charge in [-0.1, -0.05) is 72.8 Å². The Morgan fingerprint density at radius 2 is 1.60 bits per heavy atom. The lowest BCUT2D eigenvalue weighted by molar-refractivity contribution is -0.141. The largest absolute Gasteiger partial charge is 0.468 e. The molecule has 0 N–H and O–H groups in total. The lowest BCUT2D eigenvalue weighted by Gasteiger charge is -2.18. The van der Waals surface area contributed by atoms with Gasteiger partial charge in [0, 0.05) is 0 Å². The van der Waals surface area contributed by atoms with Gasteiger partial charge in [0.15, 0.2) is 0 Å². The number of benzene rings is 2. The van der Waals surface area contributed by atoms with Gasteiger partial charge in [-0.3, -0.25) is 4.79 Å². The normalized spacial score (nSPS) is 11.7. The Bertz CT molecular complexity index is 573. The number of hydrogen-bond donors (Lipinski definition) is 0. The number of ether oxygens (including phenoxy) is 1. The minimum atomic E-state index is -0.415. The molecular formula is C18H18O2. The molecule has 0 aromatic heterocycles. The molecule has 0 bridgehead atoms. The topological polar surface area (TPSA) is 26.3 Å². The monoisotopic (exact) mass is 266 g/mol. The molecule has 0 heterocycles. The lowest BCUT2D eigenvalue weighted by Crippen LogP contribution is -2.17. The summed E-state index contributed by atoms with van der Waals surface area (Å²) in [5, 5.41) is 0. The van der Waals surface area contributed by atoms with Crippen molar-refractivity contribution < 1.29 is 9.53 Å². The van der Waals surface area contributed by atoms with Gasteiger partial charge in [-0.05, 0) is 17.5 Å². The molecule has 2 nitrogen and oxygen atoms in total. The first-order valence-electron chi connectivity index (χ1n) is 6.56. The van der Waals surface area contributed by atoms with E-state index in [1.54, 1.807) is 0 Å². The summed E-state index contributed by atoms with van der Waals surface area (Å²) in [5.41, 5.74) is 2.90. The highest BCUT2D eigenvalue weighted by Crippen LogP contribution is 2.27. The highest BCUT2D eigenvalue weighted by molar-refractivity contribution is 5.81. The first kappa shape index (κ1) is 14.1. The molecule has 2 rings (SSSR count). The molecule has 102 valence electrons. The summed E-state index contributed by atoms with van der Waals surface area (Å²) in [7, 11) is 1.41. The van der Waals surface area contributed by atoms with Gasteiger partial charge in [-0.15, -0.1) is 0 Å². The van der Waals surface area contributed by atoms with E-state index in [4.69, 9.17) is 4.74 Å². The first-order valence-corrected chi connectivity index (χ1v) is 6.56. The number of carbonyl (C=O) groups is 1. The van der Waals surface area contributed by atoms with Gasteiger partial charge in [0.1, 0.15) is 5.92 Å². The van der Waals surface area contributed by atoms with Crippen LogP contribution in [0.1, 0.15) is 17.0 Å². The molecule has 1 atom stereocenters.